The Morgan fingerprint density at radius 3 is 2.25 bits per heavy atom. The molecular formula is C16H26N2O2. The summed E-state index contributed by atoms with van der Waals surface area (Å²) < 4.78 is 0. The van der Waals surface area contributed by atoms with E-state index >= 15 is 0 Å². The minimum Gasteiger partial charge on any atom is -0.342 e. The Hall–Kier alpha value is -1.06. The number of piperazine rings is 1. The van der Waals surface area contributed by atoms with Crippen molar-refractivity contribution in [3.8, 4) is 0 Å². The van der Waals surface area contributed by atoms with Crippen molar-refractivity contribution < 1.29 is 9.59 Å². The summed E-state index contributed by atoms with van der Waals surface area (Å²) in [6, 6.07) is -0.170. The van der Waals surface area contributed by atoms with Crippen molar-refractivity contribution in [3.05, 3.63) is 0 Å². The molecule has 1 saturated heterocycles. The smallest absolute Gasteiger partial charge is 0.246 e. The second kappa shape index (κ2) is 5.74. The van der Waals surface area contributed by atoms with Crippen molar-refractivity contribution in [2.75, 3.05) is 0 Å². The molecule has 0 aromatic rings. The van der Waals surface area contributed by atoms with Crippen LogP contribution in [0.1, 0.15) is 64.7 Å². The van der Waals surface area contributed by atoms with E-state index in [1.54, 1.807) is 0 Å². The molecule has 1 aliphatic heterocycles. The highest BCUT2D eigenvalue weighted by atomic mass is 16.2. The quantitative estimate of drug-likeness (QED) is 0.805. The number of nitrogens with one attached hydrogen (secondary N) is 1. The Morgan fingerprint density at radius 2 is 1.70 bits per heavy atom. The van der Waals surface area contributed by atoms with Crippen molar-refractivity contribution in [3.63, 3.8) is 0 Å². The third-order valence-electron chi connectivity index (χ3n) is 5.15. The van der Waals surface area contributed by atoms with Gasteiger partial charge < -0.3 is 10.2 Å². The first kappa shape index (κ1) is 13.9. The zero-order chi connectivity index (χ0) is 14.1. The van der Waals surface area contributed by atoms with Gasteiger partial charge in [0, 0.05) is 6.04 Å². The molecule has 112 valence electrons. The summed E-state index contributed by atoms with van der Waals surface area (Å²) >= 11 is 0. The predicted molar refractivity (Wildman–Crippen MR) is 77.1 cm³/mol. The maximum absolute atomic E-state index is 12.8. The lowest BCUT2D eigenvalue weighted by atomic mass is 9.96. The molecule has 3 aliphatic rings. The van der Waals surface area contributed by atoms with Gasteiger partial charge in [0.25, 0.3) is 0 Å². The molecule has 0 radical (unpaired) electrons. The molecule has 0 bridgehead atoms. The Bertz CT molecular complexity index is 384. The first-order valence-corrected chi connectivity index (χ1v) is 8.35. The van der Waals surface area contributed by atoms with Crippen LogP contribution in [-0.4, -0.2) is 34.8 Å². The Morgan fingerprint density at radius 1 is 1.05 bits per heavy atom. The van der Waals surface area contributed by atoms with Gasteiger partial charge in [0.1, 0.15) is 12.1 Å². The highest BCUT2D eigenvalue weighted by molar-refractivity contribution is 5.97. The van der Waals surface area contributed by atoms with Crippen molar-refractivity contribution in [2.45, 2.75) is 82.8 Å². The van der Waals surface area contributed by atoms with E-state index in [9.17, 15) is 9.59 Å². The van der Waals surface area contributed by atoms with Crippen LogP contribution in [0, 0.1) is 5.92 Å². The molecule has 3 rings (SSSR count). The third-order valence-corrected chi connectivity index (χ3v) is 5.15. The Labute approximate surface area is 121 Å². The second-order valence-corrected chi connectivity index (χ2v) is 6.64. The van der Waals surface area contributed by atoms with Gasteiger partial charge in [-0.2, -0.15) is 0 Å². The zero-order valence-electron chi connectivity index (χ0n) is 12.4. The number of carbonyl (C=O) groups excluding carboxylic acids is 2. The molecule has 0 aromatic heterocycles. The average Bonchev–Trinajstić information content (AvgIpc) is 3.26. The molecule has 1 N–H and O–H groups in total. The molecule has 20 heavy (non-hydrogen) atoms. The molecule has 4 nitrogen and oxygen atoms in total. The fourth-order valence-corrected chi connectivity index (χ4v) is 3.85. The molecule has 0 spiro atoms. The minimum absolute atomic E-state index is 0.0771. The standard InChI is InChI=1S/C16H26N2O2/c1-2-13-15(19)17-14(11-9-10-11)16(20)18(13)12-7-5-3-4-6-8-12/h11-14H,2-10H2,1H3,(H,17,19). The summed E-state index contributed by atoms with van der Waals surface area (Å²) in [6.07, 6.45) is 9.99. The van der Waals surface area contributed by atoms with Gasteiger partial charge in [0.15, 0.2) is 0 Å². The van der Waals surface area contributed by atoms with Crippen molar-refractivity contribution in [2.24, 2.45) is 5.92 Å². The largest absolute Gasteiger partial charge is 0.342 e. The van der Waals surface area contributed by atoms with E-state index in [1.165, 1.54) is 25.7 Å². The third kappa shape index (κ3) is 2.57. The molecule has 2 saturated carbocycles. The number of carbonyl (C=O) groups is 2. The van der Waals surface area contributed by atoms with Gasteiger partial charge in [0.05, 0.1) is 0 Å². The molecule has 2 unspecified atom stereocenters. The van der Waals surface area contributed by atoms with Crippen LogP contribution >= 0.6 is 0 Å². The van der Waals surface area contributed by atoms with Crippen LogP contribution in [0.5, 0.6) is 0 Å². The van der Waals surface area contributed by atoms with Crippen molar-refractivity contribution >= 4 is 11.8 Å². The van der Waals surface area contributed by atoms with Gasteiger partial charge in [-0.1, -0.05) is 32.6 Å². The Kier molecular flexibility index (Phi) is 3.99. The number of rotatable bonds is 3. The lowest BCUT2D eigenvalue weighted by Crippen LogP contribution is -2.66. The van der Waals surface area contributed by atoms with Crippen LogP contribution in [0.3, 0.4) is 0 Å². The van der Waals surface area contributed by atoms with Crippen molar-refractivity contribution in [1.29, 1.82) is 0 Å². The summed E-state index contributed by atoms with van der Waals surface area (Å²) in [5.41, 5.74) is 0. The van der Waals surface area contributed by atoms with Crippen LogP contribution in [0.2, 0.25) is 0 Å². The molecule has 2 amide bonds. The topological polar surface area (TPSA) is 49.4 Å². The lowest BCUT2D eigenvalue weighted by Gasteiger charge is -2.43. The van der Waals surface area contributed by atoms with Crippen molar-refractivity contribution in [1.82, 2.24) is 10.2 Å². The monoisotopic (exact) mass is 278 g/mol. The lowest BCUT2D eigenvalue weighted by molar-refractivity contribution is -0.153. The molecule has 0 aromatic carbocycles. The molecule has 4 heteroatoms. The van der Waals surface area contributed by atoms with Crippen LogP contribution in [-0.2, 0) is 9.59 Å². The van der Waals surface area contributed by atoms with E-state index in [4.69, 9.17) is 0 Å². The van der Waals surface area contributed by atoms with E-state index in [2.05, 4.69) is 5.32 Å². The Balaban J connectivity index is 1.81. The molecule has 1 heterocycles. The fraction of sp³-hybridized carbons (Fsp3) is 0.875. The summed E-state index contributed by atoms with van der Waals surface area (Å²) in [5.74, 6) is 0.677. The van der Waals surface area contributed by atoms with Gasteiger partial charge in [0.2, 0.25) is 11.8 Å². The van der Waals surface area contributed by atoms with Crippen LogP contribution < -0.4 is 5.32 Å². The van der Waals surface area contributed by atoms with E-state index in [0.717, 1.165) is 32.1 Å². The van der Waals surface area contributed by atoms with Crippen LogP contribution in [0.25, 0.3) is 0 Å². The van der Waals surface area contributed by atoms with Crippen LogP contribution in [0.4, 0.5) is 0 Å². The molecule has 2 aliphatic carbocycles. The van der Waals surface area contributed by atoms with Gasteiger partial charge in [-0.25, -0.2) is 0 Å². The first-order chi connectivity index (χ1) is 9.72. The summed E-state index contributed by atoms with van der Waals surface area (Å²) in [4.78, 5) is 27.2. The average molecular weight is 278 g/mol. The maximum atomic E-state index is 12.8. The summed E-state index contributed by atoms with van der Waals surface area (Å²) in [6.45, 7) is 2.01. The van der Waals surface area contributed by atoms with E-state index in [1.807, 2.05) is 11.8 Å². The van der Waals surface area contributed by atoms with Gasteiger partial charge in [-0.15, -0.1) is 0 Å². The highest BCUT2D eigenvalue weighted by Crippen LogP contribution is 2.37. The predicted octanol–water partition coefficient (Wildman–Crippen LogP) is 2.22. The normalized spacial score (nSPS) is 33.0. The molecule has 3 fully saturated rings. The SMILES string of the molecule is CCC1C(=O)NC(C2CC2)C(=O)N1C1CCCCCC1. The van der Waals surface area contributed by atoms with Crippen LogP contribution in [0.15, 0.2) is 0 Å². The van der Waals surface area contributed by atoms with E-state index in [-0.39, 0.29) is 23.9 Å². The first-order valence-electron chi connectivity index (χ1n) is 8.35. The molecule has 2 atom stereocenters. The number of amides is 2. The van der Waals surface area contributed by atoms with Gasteiger partial charge >= 0.3 is 0 Å². The van der Waals surface area contributed by atoms with E-state index in [0.29, 0.717) is 12.0 Å². The second-order valence-electron chi connectivity index (χ2n) is 6.64. The minimum atomic E-state index is -0.236. The van der Waals surface area contributed by atoms with E-state index < -0.39 is 0 Å². The maximum Gasteiger partial charge on any atom is 0.246 e. The van der Waals surface area contributed by atoms with Gasteiger partial charge in [-0.3, -0.25) is 9.59 Å². The summed E-state index contributed by atoms with van der Waals surface area (Å²) in [7, 11) is 0. The van der Waals surface area contributed by atoms with Gasteiger partial charge in [-0.05, 0) is 38.0 Å². The molecular weight excluding hydrogens is 252 g/mol. The summed E-state index contributed by atoms with van der Waals surface area (Å²) in [5, 5.41) is 2.98. The number of nitrogens with zero attached hydrogens (tertiary/aromatic N) is 1. The highest BCUT2D eigenvalue weighted by Gasteiger charge is 2.48. The number of hydrogen-bond donors (Lipinski definition) is 1. The number of hydrogen-bond acceptors (Lipinski definition) is 2. The zero-order valence-corrected chi connectivity index (χ0v) is 12.4. The fourth-order valence-electron chi connectivity index (χ4n) is 3.85.